The predicted octanol–water partition coefficient (Wildman–Crippen LogP) is 5.53. The summed E-state index contributed by atoms with van der Waals surface area (Å²) in [5.74, 6) is -0.109. The van der Waals surface area contributed by atoms with Gasteiger partial charge >= 0.3 is 11.9 Å². The molecule has 1 aliphatic carbocycles. The van der Waals surface area contributed by atoms with Gasteiger partial charge in [-0.05, 0) is 67.8 Å². The van der Waals surface area contributed by atoms with E-state index in [-0.39, 0.29) is 23.8 Å². The smallest absolute Gasteiger partial charge is 0.314 e. The zero-order valence-electron chi connectivity index (χ0n) is 14.0. The number of hydrogen-bond donors (Lipinski definition) is 0. The normalized spacial score (nSPS) is 19.6. The van der Waals surface area contributed by atoms with Gasteiger partial charge in [0.1, 0.15) is 11.5 Å². The standard InChI is InChI=1S/C20H18Br2O4/c21-15-4-8-17(9-5-15)25-19(23)13-2-1-3-14(12-13)20(24)26-18-10-6-16(22)7-11-18/h4-11,13-14H,1-3,12H2. The number of esters is 2. The van der Waals surface area contributed by atoms with Crippen LogP contribution in [0, 0.1) is 11.8 Å². The second kappa shape index (κ2) is 8.82. The Morgan fingerprint density at radius 1 is 0.731 bits per heavy atom. The number of carbonyl (C=O) groups is 2. The van der Waals surface area contributed by atoms with E-state index in [0.29, 0.717) is 17.9 Å². The lowest BCUT2D eigenvalue weighted by Crippen LogP contribution is -2.31. The van der Waals surface area contributed by atoms with Gasteiger partial charge < -0.3 is 9.47 Å². The third-order valence-electron chi connectivity index (χ3n) is 4.41. The molecule has 136 valence electrons. The minimum absolute atomic E-state index is 0.283. The fourth-order valence-electron chi connectivity index (χ4n) is 3.02. The van der Waals surface area contributed by atoms with Crippen LogP contribution >= 0.6 is 31.9 Å². The molecule has 1 saturated carbocycles. The molecule has 0 N–H and O–H groups in total. The first-order valence-corrected chi connectivity index (χ1v) is 10.0. The largest absolute Gasteiger partial charge is 0.426 e. The maximum absolute atomic E-state index is 12.4. The van der Waals surface area contributed by atoms with Gasteiger partial charge in [-0.15, -0.1) is 0 Å². The van der Waals surface area contributed by atoms with Gasteiger partial charge in [0.05, 0.1) is 11.8 Å². The van der Waals surface area contributed by atoms with Gasteiger partial charge in [0, 0.05) is 8.95 Å². The van der Waals surface area contributed by atoms with Crippen LogP contribution in [0.1, 0.15) is 25.7 Å². The van der Waals surface area contributed by atoms with Gasteiger partial charge in [-0.25, -0.2) is 0 Å². The first-order chi connectivity index (χ1) is 12.5. The quantitative estimate of drug-likeness (QED) is 0.425. The highest BCUT2D eigenvalue weighted by Gasteiger charge is 2.33. The van der Waals surface area contributed by atoms with Crippen molar-refractivity contribution in [2.45, 2.75) is 25.7 Å². The fourth-order valence-corrected chi connectivity index (χ4v) is 3.55. The van der Waals surface area contributed by atoms with Crippen LogP contribution in [0.15, 0.2) is 57.5 Å². The van der Waals surface area contributed by atoms with E-state index < -0.39 is 0 Å². The highest BCUT2D eigenvalue weighted by atomic mass is 79.9. The summed E-state index contributed by atoms with van der Waals surface area (Å²) >= 11 is 6.70. The Kier molecular flexibility index (Phi) is 6.48. The van der Waals surface area contributed by atoms with Crippen LogP contribution in [0.4, 0.5) is 0 Å². The number of benzene rings is 2. The molecule has 6 heteroatoms. The van der Waals surface area contributed by atoms with E-state index in [2.05, 4.69) is 31.9 Å². The molecule has 0 bridgehead atoms. The monoisotopic (exact) mass is 480 g/mol. The average Bonchev–Trinajstić information content (AvgIpc) is 2.65. The van der Waals surface area contributed by atoms with E-state index in [1.807, 2.05) is 24.3 Å². The van der Waals surface area contributed by atoms with Crippen molar-refractivity contribution >= 4 is 43.8 Å². The zero-order valence-corrected chi connectivity index (χ0v) is 17.2. The van der Waals surface area contributed by atoms with E-state index >= 15 is 0 Å². The molecule has 1 fully saturated rings. The highest BCUT2D eigenvalue weighted by Crippen LogP contribution is 2.32. The molecule has 0 heterocycles. The zero-order chi connectivity index (χ0) is 18.5. The lowest BCUT2D eigenvalue weighted by Gasteiger charge is -2.26. The van der Waals surface area contributed by atoms with Crippen LogP contribution < -0.4 is 9.47 Å². The molecular formula is C20H18Br2O4. The summed E-state index contributed by atoms with van der Waals surface area (Å²) in [5, 5.41) is 0. The highest BCUT2D eigenvalue weighted by molar-refractivity contribution is 9.10. The number of hydrogen-bond acceptors (Lipinski definition) is 4. The minimum atomic E-state index is -0.284. The Morgan fingerprint density at radius 3 is 1.50 bits per heavy atom. The topological polar surface area (TPSA) is 52.6 Å². The maximum Gasteiger partial charge on any atom is 0.314 e. The van der Waals surface area contributed by atoms with Crippen molar-refractivity contribution < 1.29 is 19.1 Å². The average molecular weight is 482 g/mol. The number of carbonyl (C=O) groups excluding carboxylic acids is 2. The van der Waals surface area contributed by atoms with E-state index in [0.717, 1.165) is 28.2 Å². The van der Waals surface area contributed by atoms with Gasteiger partial charge in [-0.3, -0.25) is 9.59 Å². The summed E-state index contributed by atoms with van der Waals surface area (Å²) in [4.78, 5) is 24.9. The molecule has 0 radical (unpaired) electrons. The second-order valence-corrected chi connectivity index (χ2v) is 8.14. The number of halogens is 2. The van der Waals surface area contributed by atoms with E-state index in [1.54, 1.807) is 24.3 Å². The molecule has 1 aliphatic rings. The Balaban J connectivity index is 1.57. The van der Waals surface area contributed by atoms with Gasteiger partial charge in [0.2, 0.25) is 0 Å². The van der Waals surface area contributed by atoms with Crippen molar-refractivity contribution in [1.82, 2.24) is 0 Å². The van der Waals surface area contributed by atoms with Crippen LogP contribution in [-0.4, -0.2) is 11.9 Å². The SMILES string of the molecule is O=C(Oc1ccc(Br)cc1)C1CCCC(C(=O)Oc2ccc(Br)cc2)C1. The molecule has 2 aromatic carbocycles. The van der Waals surface area contributed by atoms with E-state index in [1.165, 1.54) is 0 Å². The molecule has 0 aromatic heterocycles. The van der Waals surface area contributed by atoms with Crippen LogP contribution in [0.25, 0.3) is 0 Å². The summed E-state index contributed by atoms with van der Waals surface area (Å²) < 4.78 is 12.7. The lowest BCUT2D eigenvalue weighted by molar-refractivity contribution is -0.144. The second-order valence-electron chi connectivity index (χ2n) is 6.31. The molecule has 2 unspecified atom stereocenters. The fraction of sp³-hybridized carbons (Fsp3) is 0.300. The van der Waals surface area contributed by atoms with Gasteiger partial charge in [-0.2, -0.15) is 0 Å². The third-order valence-corrected chi connectivity index (χ3v) is 5.46. The van der Waals surface area contributed by atoms with Crippen LogP contribution in [0.3, 0.4) is 0 Å². The molecule has 2 atom stereocenters. The lowest BCUT2D eigenvalue weighted by atomic mass is 9.81. The van der Waals surface area contributed by atoms with E-state index in [4.69, 9.17) is 9.47 Å². The van der Waals surface area contributed by atoms with Crippen molar-refractivity contribution in [2.75, 3.05) is 0 Å². The Hall–Kier alpha value is -1.66. The van der Waals surface area contributed by atoms with Gasteiger partial charge in [0.25, 0.3) is 0 Å². The Morgan fingerprint density at radius 2 is 1.12 bits per heavy atom. The van der Waals surface area contributed by atoms with Gasteiger partial charge in [0.15, 0.2) is 0 Å². The molecule has 0 saturated heterocycles. The van der Waals surface area contributed by atoms with Crippen molar-refractivity contribution in [3.05, 3.63) is 57.5 Å². The summed E-state index contributed by atoms with van der Waals surface area (Å²) in [7, 11) is 0. The Bertz CT molecular complexity index is 706. The number of rotatable bonds is 4. The summed E-state index contributed by atoms with van der Waals surface area (Å²) in [6.45, 7) is 0. The van der Waals surface area contributed by atoms with Gasteiger partial charge in [-0.1, -0.05) is 38.3 Å². The van der Waals surface area contributed by atoms with Crippen LogP contribution in [-0.2, 0) is 9.59 Å². The summed E-state index contributed by atoms with van der Waals surface area (Å²) in [6.07, 6.45) is 2.74. The first kappa shape index (κ1) is 19.1. The van der Waals surface area contributed by atoms with Crippen molar-refractivity contribution in [3.63, 3.8) is 0 Å². The molecule has 0 aliphatic heterocycles. The van der Waals surface area contributed by atoms with Crippen molar-refractivity contribution in [1.29, 1.82) is 0 Å². The minimum Gasteiger partial charge on any atom is -0.426 e. The molecule has 4 nitrogen and oxygen atoms in total. The van der Waals surface area contributed by atoms with E-state index in [9.17, 15) is 9.59 Å². The number of ether oxygens (including phenoxy) is 2. The van der Waals surface area contributed by atoms with Crippen molar-refractivity contribution in [3.8, 4) is 11.5 Å². The molecule has 2 aromatic rings. The Labute approximate surface area is 169 Å². The summed E-state index contributed by atoms with van der Waals surface area (Å²) in [6, 6.07) is 14.2. The molecule has 3 rings (SSSR count). The summed E-state index contributed by atoms with van der Waals surface area (Å²) in [5.41, 5.74) is 0. The van der Waals surface area contributed by atoms with Crippen LogP contribution in [0.5, 0.6) is 11.5 Å². The first-order valence-electron chi connectivity index (χ1n) is 8.46. The molecule has 26 heavy (non-hydrogen) atoms. The predicted molar refractivity (Wildman–Crippen MR) is 105 cm³/mol. The van der Waals surface area contributed by atoms with Crippen LogP contribution in [0.2, 0.25) is 0 Å². The maximum atomic E-state index is 12.4. The molecule has 0 spiro atoms. The molecule has 0 amide bonds. The third kappa shape index (κ3) is 5.17. The van der Waals surface area contributed by atoms with Crippen molar-refractivity contribution in [2.24, 2.45) is 11.8 Å². The molecular weight excluding hydrogens is 464 g/mol.